The minimum atomic E-state index is -0.997. The van der Waals surface area contributed by atoms with Crippen molar-refractivity contribution in [2.75, 3.05) is 6.61 Å². The third-order valence-corrected chi connectivity index (χ3v) is 1.68. The van der Waals surface area contributed by atoms with Crippen LogP contribution in [0.25, 0.3) is 0 Å². The molecule has 4 heteroatoms. The Balaban J connectivity index is 0.00000144. The quantitative estimate of drug-likeness (QED) is 0.849. The number of carboxylic acids is 1. The molecule has 0 saturated heterocycles. The summed E-state index contributed by atoms with van der Waals surface area (Å²) >= 11 is 0. The summed E-state index contributed by atoms with van der Waals surface area (Å²) in [4.78, 5) is 10.6. The van der Waals surface area contributed by atoms with Gasteiger partial charge in [0.15, 0.2) is 0 Å². The Bertz CT molecular complexity index is 261. The second-order valence-electron chi connectivity index (χ2n) is 2.48. The van der Waals surface area contributed by atoms with Crippen LogP contribution in [0.3, 0.4) is 0 Å². The van der Waals surface area contributed by atoms with Crippen molar-refractivity contribution in [1.29, 1.82) is 0 Å². The molecule has 0 amide bonds. The van der Waals surface area contributed by atoms with Crippen LogP contribution in [-0.2, 0) is 4.79 Å². The number of carboxylic acid groups (broad SMARTS) is 1. The molecular weight excluding hydrogens is 236 g/mol. The number of benzene rings is 1. The van der Waals surface area contributed by atoms with Crippen LogP contribution in [0.4, 0.5) is 0 Å². The van der Waals surface area contributed by atoms with Gasteiger partial charge in [0, 0.05) is 0 Å². The Kier molecular flexibility index (Phi) is 5.34. The van der Waals surface area contributed by atoms with E-state index < -0.39 is 11.9 Å². The molecule has 0 aliphatic carbocycles. The number of aliphatic carboxylic acids is 1. The number of hydrogen-bond acceptors (Lipinski definition) is 2. The predicted octanol–water partition coefficient (Wildman–Crippen LogP) is 1.43. The van der Waals surface area contributed by atoms with Crippen LogP contribution in [0.1, 0.15) is 11.5 Å². The van der Waals surface area contributed by atoms with Crippen LogP contribution in [0, 0.1) is 0 Å². The van der Waals surface area contributed by atoms with E-state index >= 15 is 0 Å². The molecule has 0 radical (unpaired) electrons. The van der Waals surface area contributed by atoms with Gasteiger partial charge in [-0.2, -0.15) is 0 Å². The van der Waals surface area contributed by atoms with E-state index in [4.69, 9.17) is 10.2 Å². The highest BCUT2D eigenvalue weighted by molar-refractivity contribution is 8.93. The van der Waals surface area contributed by atoms with Crippen LogP contribution >= 0.6 is 17.0 Å². The van der Waals surface area contributed by atoms with Crippen molar-refractivity contribution in [3.63, 3.8) is 0 Å². The highest BCUT2D eigenvalue weighted by atomic mass is 79.9. The first-order chi connectivity index (χ1) is 5.75. The second-order valence-corrected chi connectivity index (χ2v) is 2.48. The summed E-state index contributed by atoms with van der Waals surface area (Å²) in [5.74, 6) is -1.80. The fourth-order valence-corrected chi connectivity index (χ4v) is 1.01. The fraction of sp³-hybridized carbons (Fsp3) is 0.222. The normalized spacial score (nSPS) is 11.5. The largest absolute Gasteiger partial charge is 0.481 e. The highest BCUT2D eigenvalue weighted by Gasteiger charge is 2.17. The summed E-state index contributed by atoms with van der Waals surface area (Å²) in [5.41, 5.74) is 0.632. The lowest BCUT2D eigenvalue weighted by atomic mass is 10.0. The molecule has 0 heterocycles. The first-order valence-corrected chi connectivity index (χ1v) is 3.64. The standard InChI is InChI=1S/C9H10O3.BrH/c10-6-8(9(11)12)7-4-2-1-3-5-7;/h1-5,8,10H,6H2,(H,11,12);1H. The first kappa shape index (κ1) is 12.1. The number of hydrogen-bond donors (Lipinski definition) is 2. The summed E-state index contributed by atoms with van der Waals surface area (Å²) in [7, 11) is 0. The molecule has 0 aliphatic heterocycles. The van der Waals surface area contributed by atoms with E-state index in [2.05, 4.69) is 0 Å². The van der Waals surface area contributed by atoms with E-state index in [-0.39, 0.29) is 23.6 Å². The molecular formula is C9H11BrO3. The number of carbonyl (C=O) groups is 1. The predicted molar refractivity (Wildman–Crippen MR) is 54.2 cm³/mol. The molecule has 0 aliphatic rings. The van der Waals surface area contributed by atoms with E-state index in [0.29, 0.717) is 5.56 Å². The van der Waals surface area contributed by atoms with Crippen LogP contribution in [0.5, 0.6) is 0 Å². The number of aliphatic hydroxyl groups is 1. The average molecular weight is 247 g/mol. The molecule has 2 N–H and O–H groups in total. The SMILES string of the molecule is Br.O=C(O)C(CO)c1ccccc1. The van der Waals surface area contributed by atoms with Crippen LogP contribution in [-0.4, -0.2) is 22.8 Å². The minimum Gasteiger partial charge on any atom is -0.481 e. The third-order valence-electron chi connectivity index (χ3n) is 1.68. The smallest absolute Gasteiger partial charge is 0.313 e. The van der Waals surface area contributed by atoms with Gasteiger partial charge in [0.25, 0.3) is 0 Å². The van der Waals surface area contributed by atoms with E-state index in [1.54, 1.807) is 30.3 Å². The Hall–Kier alpha value is -0.870. The summed E-state index contributed by atoms with van der Waals surface area (Å²) in [6.07, 6.45) is 0. The maximum absolute atomic E-state index is 10.6. The lowest BCUT2D eigenvalue weighted by Crippen LogP contribution is -2.15. The van der Waals surface area contributed by atoms with Crippen LogP contribution < -0.4 is 0 Å². The van der Waals surface area contributed by atoms with E-state index in [1.807, 2.05) is 0 Å². The molecule has 13 heavy (non-hydrogen) atoms. The minimum absolute atomic E-state index is 0. The lowest BCUT2D eigenvalue weighted by molar-refractivity contribution is -0.139. The van der Waals surface area contributed by atoms with Gasteiger partial charge < -0.3 is 10.2 Å². The first-order valence-electron chi connectivity index (χ1n) is 3.64. The van der Waals surface area contributed by atoms with Crippen molar-refractivity contribution in [2.45, 2.75) is 5.92 Å². The Morgan fingerprint density at radius 2 is 1.85 bits per heavy atom. The van der Waals surface area contributed by atoms with Crippen molar-refractivity contribution < 1.29 is 15.0 Å². The Morgan fingerprint density at radius 1 is 1.31 bits per heavy atom. The van der Waals surface area contributed by atoms with Gasteiger partial charge in [-0.3, -0.25) is 4.79 Å². The van der Waals surface area contributed by atoms with Gasteiger partial charge >= 0.3 is 5.97 Å². The summed E-state index contributed by atoms with van der Waals surface area (Å²) in [6, 6.07) is 8.69. The maximum atomic E-state index is 10.6. The molecule has 0 bridgehead atoms. The number of halogens is 1. The Morgan fingerprint density at radius 3 is 2.23 bits per heavy atom. The van der Waals surface area contributed by atoms with Gasteiger partial charge in [-0.05, 0) is 5.56 Å². The van der Waals surface area contributed by atoms with E-state index in [0.717, 1.165) is 0 Å². The van der Waals surface area contributed by atoms with Crippen molar-refractivity contribution >= 4 is 23.0 Å². The summed E-state index contributed by atoms with van der Waals surface area (Å²) in [6.45, 7) is -0.362. The maximum Gasteiger partial charge on any atom is 0.313 e. The van der Waals surface area contributed by atoms with E-state index in [9.17, 15) is 4.79 Å². The molecule has 0 aromatic heterocycles. The van der Waals surface area contributed by atoms with Crippen molar-refractivity contribution in [1.82, 2.24) is 0 Å². The van der Waals surface area contributed by atoms with Gasteiger partial charge in [0.05, 0.1) is 6.61 Å². The molecule has 0 saturated carbocycles. The molecule has 1 aromatic carbocycles. The fourth-order valence-electron chi connectivity index (χ4n) is 1.01. The van der Waals surface area contributed by atoms with Crippen molar-refractivity contribution in [3.8, 4) is 0 Å². The zero-order valence-electron chi connectivity index (χ0n) is 6.88. The topological polar surface area (TPSA) is 57.5 Å². The monoisotopic (exact) mass is 246 g/mol. The second kappa shape index (κ2) is 5.72. The average Bonchev–Trinajstić information content (AvgIpc) is 2.07. The molecule has 0 spiro atoms. The summed E-state index contributed by atoms with van der Waals surface area (Å²) < 4.78 is 0. The molecule has 3 nitrogen and oxygen atoms in total. The highest BCUT2D eigenvalue weighted by Crippen LogP contribution is 2.14. The molecule has 1 aromatic rings. The van der Waals surface area contributed by atoms with E-state index in [1.165, 1.54) is 0 Å². The van der Waals surface area contributed by atoms with Crippen molar-refractivity contribution in [3.05, 3.63) is 35.9 Å². The van der Waals surface area contributed by atoms with Gasteiger partial charge in [0.1, 0.15) is 5.92 Å². The molecule has 1 rings (SSSR count). The van der Waals surface area contributed by atoms with Crippen LogP contribution in [0.2, 0.25) is 0 Å². The zero-order valence-corrected chi connectivity index (χ0v) is 8.60. The lowest BCUT2D eigenvalue weighted by Gasteiger charge is -2.07. The third kappa shape index (κ3) is 3.16. The van der Waals surface area contributed by atoms with Crippen molar-refractivity contribution in [2.24, 2.45) is 0 Å². The zero-order chi connectivity index (χ0) is 8.97. The number of rotatable bonds is 3. The number of aliphatic hydroxyl groups excluding tert-OH is 1. The molecule has 1 unspecified atom stereocenters. The molecule has 0 fully saturated rings. The van der Waals surface area contributed by atoms with Gasteiger partial charge in [-0.25, -0.2) is 0 Å². The van der Waals surface area contributed by atoms with Gasteiger partial charge in [0.2, 0.25) is 0 Å². The molecule has 72 valence electrons. The summed E-state index contributed by atoms with van der Waals surface area (Å²) in [5, 5.41) is 17.4. The van der Waals surface area contributed by atoms with Gasteiger partial charge in [-0.15, -0.1) is 17.0 Å². The Labute approximate surface area is 86.8 Å². The molecule has 1 atom stereocenters. The van der Waals surface area contributed by atoms with Gasteiger partial charge in [-0.1, -0.05) is 30.3 Å². The van der Waals surface area contributed by atoms with Crippen LogP contribution in [0.15, 0.2) is 30.3 Å².